The van der Waals surface area contributed by atoms with Crippen molar-refractivity contribution < 1.29 is 9.59 Å². The fourth-order valence-corrected chi connectivity index (χ4v) is 4.04. The van der Waals surface area contributed by atoms with Gasteiger partial charge in [0.05, 0.1) is 11.9 Å². The van der Waals surface area contributed by atoms with Crippen LogP contribution in [-0.4, -0.2) is 34.0 Å². The lowest BCUT2D eigenvalue weighted by Crippen LogP contribution is -2.34. The third-order valence-electron chi connectivity index (χ3n) is 5.16. The van der Waals surface area contributed by atoms with Crippen LogP contribution < -0.4 is 10.6 Å². The lowest BCUT2D eigenvalue weighted by atomic mass is 9.97. The molecule has 4 rings (SSSR count). The van der Waals surface area contributed by atoms with Crippen molar-refractivity contribution in [3.05, 3.63) is 40.7 Å². The fourth-order valence-electron chi connectivity index (χ4n) is 3.76. The molecular weight excluding hydrogens is 360 g/mol. The predicted molar refractivity (Wildman–Crippen MR) is 107 cm³/mol. The zero-order valence-electron chi connectivity index (χ0n) is 15.0. The zero-order valence-corrected chi connectivity index (χ0v) is 15.8. The van der Waals surface area contributed by atoms with Gasteiger partial charge in [0.2, 0.25) is 10.7 Å². The number of para-hydroxylation sites is 1. The van der Waals surface area contributed by atoms with Gasteiger partial charge in [0, 0.05) is 11.9 Å². The molecule has 1 amide bonds. The van der Waals surface area contributed by atoms with E-state index >= 15 is 0 Å². The van der Waals surface area contributed by atoms with Crippen LogP contribution in [0.3, 0.4) is 0 Å². The second-order valence-corrected chi connectivity index (χ2v) is 7.41. The second kappa shape index (κ2) is 7.60. The first-order valence-electron chi connectivity index (χ1n) is 9.40. The lowest BCUT2D eigenvalue weighted by molar-refractivity contribution is -0.121. The first-order valence-corrected chi connectivity index (χ1v) is 9.81. The number of allylic oxidation sites excluding steroid dienone is 1. The van der Waals surface area contributed by atoms with Crippen LogP contribution in [0.1, 0.15) is 43.3 Å². The summed E-state index contributed by atoms with van der Waals surface area (Å²) in [6, 6.07) is 6.90. The summed E-state index contributed by atoms with van der Waals surface area (Å²) >= 11 is 5.28. The molecule has 1 aliphatic heterocycles. The number of hydrogen-bond donors (Lipinski definition) is 2. The van der Waals surface area contributed by atoms with Gasteiger partial charge in [0.25, 0.3) is 5.91 Å². The molecule has 0 bridgehead atoms. The Morgan fingerprint density at radius 2 is 2.19 bits per heavy atom. The molecule has 2 aliphatic rings. The largest absolute Gasteiger partial charge is 0.358 e. The fraction of sp³-hybridized carbons (Fsp3) is 0.400. The molecule has 0 saturated heterocycles. The number of anilines is 1. The van der Waals surface area contributed by atoms with E-state index in [9.17, 15) is 9.59 Å². The van der Waals surface area contributed by atoms with Crippen LogP contribution >= 0.6 is 12.2 Å². The Kier molecular flexibility index (Phi) is 5.03. The highest BCUT2D eigenvalue weighted by Crippen LogP contribution is 2.28. The minimum absolute atomic E-state index is 0.0860. The van der Waals surface area contributed by atoms with E-state index in [1.54, 1.807) is 0 Å². The van der Waals surface area contributed by atoms with Crippen LogP contribution in [0.4, 0.5) is 5.82 Å². The third-order valence-corrected chi connectivity index (χ3v) is 5.44. The number of hydrogen-bond acceptors (Lipinski definition) is 5. The van der Waals surface area contributed by atoms with Gasteiger partial charge in [-0.2, -0.15) is 0 Å². The van der Waals surface area contributed by atoms with E-state index in [1.807, 2.05) is 24.3 Å². The Balaban J connectivity index is 1.41. The highest BCUT2D eigenvalue weighted by Gasteiger charge is 2.33. The molecule has 1 aromatic heterocycles. The van der Waals surface area contributed by atoms with Crippen molar-refractivity contribution in [2.75, 3.05) is 11.9 Å². The summed E-state index contributed by atoms with van der Waals surface area (Å²) < 4.78 is 1.62. The summed E-state index contributed by atoms with van der Waals surface area (Å²) in [4.78, 5) is 29.4. The molecule has 6 nitrogen and oxygen atoms in total. The van der Waals surface area contributed by atoms with Crippen molar-refractivity contribution in [3.8, 4) is 0 Å². The highest BCUT2D eigenvalue weighted by molar-refractivity contribution is 7.71. The van der Waals surface area contributed by atoms with E-state index < -0.39 is 6.04 Å². The molecule has 2 heterocycles. The molecule has 1 aliphatic carbocycles. The average molecular weight is 382 g/mol. The number of carbonyl (C=O) groups excluding carboxylic acids is 2. The number of aromatic nitrogens is 2. The van der Waals surface area contributed by atoms with Crippen molar-refractivity contribution >= 4 is 40.8 Å². The summed E-state index contributed by atoms with van der Waals surface area (Å²) in [6.45, 7) is 0.614. The van der Waals surface area contributed by atoms with Gasteiger partial charge in [0.1, 0.15) is 11.9 Å². The molecule has 140 valence electrons. The number of amides is 1. The van der Waals surface area contributed by atoms with Gasteiger partial charge in [-0.15, -0.1) is 0 Å². The van der Waals surface area contributed by atoms with Crippen LogP contribution in [0.15, 0.2) is 35.9 Å². The summed E-state index contributed by atoms with van der Waals surface area (Å²) in [5, 5.41) is 6.93. The minimum Gasteiger partial charge on any atom is -0.358 e. The van der Waals surface area contributed by atoms with Crippen LogP contribution in [0.2, 0.25) is 0 Å². The Hall–Kier alpha value is -2.54. The monoisotopic (exact) mass is 382 g/mol. The molecule has 0 radical (unpaired) electrons. The number of fused-ring (bicyclic) bond motifs is 3. The number of benzene rings is 1. The third kappa shape index (κ3) is 3.64. The van der Waals surface area contributed by atoms with E-state index in [0.29, 0.717) is 12.4 Å². The van der Waals surface area contributed by atoms with Gasteiger partial charge in [-0.05, 0) is 56.5 Å². The van der Waals surface area contributed by atoms with E-state index in [2.05, 4.69) is 21.7 Å². The topological polar surface area (TPSA) is 76.0 Å². The van der Waals surface area contributed by atoms with E-state index in [-0.39, 0.29) is 23.0 Å². The van der Waals surface area contributed by atoms with E-state index in [0.717, 1.165) is 30.2 Å². The van der Waals surface area contributed by atoms with Crippen LogP contribution in [-0.2, 0) is 4.79 Å². The van der Waals surface area contributed by atoms with Crippen molar-refractivity contribution in [2.45, 2.75) is 44.6 Å². The normalized spacial score (nSPS) is 18.7. The van der Waals surface area contributed by atoms with Crippen molar-refractivity contribution in [1.29, 1.82) is 0 Å². The quantitative estimate of drug-likeness (QED) is 0.610. The summed E-state index contributed by atoms with van der Waals surface area (Å²) in [6.07, 6.45) is 8.03. The van der Waals surface area contributed by atoms with Gasteiger partial charge in [-0.3, -0.25) is 9.59 Å². The van der Waals surface area contributed by atoms with Crippen molar-refractivity contribution in [1.82, 2.24) is 14.9 Å². The Morgan fingerprint density at radius 1 is 1.33 bits per heavy atom. The lowest BCUT2D eigenvalue weighted by Gasteiger charge is -2.13. The summed E-state index contributed by atoms with van der Waals surface area (Å²) in [5.74, 6) is 0.271. The average Bonchev–Trinajstić information content (AvgIpc) is 3.00. The van der Waals surface area contributed by atoms with Gasteiger partial charge in [-0.25, -0.2) is 9.55 Å². The highest BCUT2D eigenvalue weighted by atomic mass is 32.1. The van der Waals surface area contributed by atoms with Gasteiger partial charge in [0.15, 0.2) is 0 Å². The first-order chi connectivity index (χ1) is 13.1. The minimum atomic E-state index is -0.617. The maximum atomic E-state index is 12.7. The summed E-state index contributed by atoms with van der Waals surface area (Å²) in [5.41, 5.74) is 2.16. The summed E-state index contributed by atoms with van der Waals surface area (Å²) in [7, 11) is 0. The second-order valence-electron chi connectivity index (χ2n) is 7.04. The molecule has 0 unspecified atom stereocenters. The van der Waals surface area contributed by atoms with Gasteiger partial charge >= 0.3 is 0 Å². The Morgan fingerprint density at radius 3 is 3.00 bits per heavy atom. The molecule has 1 atom stereocenters. The predicted octanol–water partition coefficient (Wildman–Crippen LogP) is 3.60. The first kappa shape index (κ1) is 17.9. The van der Waals surface area contributed by atoms with Crippen molar-refractivity contribution in [3.63, 3.8) is 0 Å². The molecule has 27 heavy (non-hydrogen) atoms. The maximum Gasteiger partial charge on any atom is 0.257 e. The number of carbonyl (C=O) groups is 2. The molecule has 0 fully saturated rings. The zero-order chi connectivity index (χ0) is 18.8. The molecule has 2 aromatic rings. The standard InChI is InChI=1S/C20H22N4O2S/c25-17(21-11-10-13-6-2-1-3-7-13)12-16-19(26)24-18(22-16)14-8-4-5-9-15(14)23-20(24)27/h4-6,8-9,16,22H,1-3,7,10-12H2,(H,21,25)/t16-/m0/s1. The SMILES string of the molecule is O=C(C[C@@H]1Nc2c3ccccc3nc(=S)n2C1=O)NCCC1=CCCCC1. The van der Waals surface area contributed by atoms with E-state index in [4.69, 9.17) is 12.2 Å². The molecule has 0 spiro atoms. The molecule has 7 heteroatoms. The smallest absolute Gasteiger partial charge is 0.257 e. The van der Waals surface area contributed by atoms with Crippen molar-refractivity contribution in [2.24, 2.45) is 0 Å². The number of nitrogens with zero attached hydrogens (tertiary/aromatic N) is 2. The van der Waals surface area contributed by atoms with Gasteiger partial charge < -0.3 is 10.6 Å². The number of nitrogens with one attached hydrogen (secondary N) is 2. The van der Waals surface area contributed by atoms with E-state index in [1.165, 1.54) is 23.0 Å². The maximum absolute atomic E-state index is 12.7. The Bertz CT molecular complexity index is 995. The van der Waals surface area contributed by atoms with Crippen LogP contribution in [0.5, 0.6) is 0 Å². The molecular formula is C20H22N4O2S. The Labute approximate surface area is 162 Å². The van der Waals surface area contributed by atoms with Crippen LogP contribution in [0.25, 0.3) is 10.9 Å². The molecule has 0 saturated carbocycles. The van der Waals surface area contributed by atoms with Crippen LogP contribution in [0, 0.1) is 4.77 Å². The molecule has 1 aromatic carbocycles. The number of rotatable bonds is 5. The molecule has 2 N–H and O–H groups in total. The van der Waals surface area contributed by atoms with Gasteiger partial charge in [-0.1, -0.05) is 23.8 Å².